The Kier molecular flexibility index (Phi) is 6.05. The number of hydrogen-bond donors (Lipinski definition) is 1. The average Bonchev–Trinajstić information content (AvgIpc) is 2.96. The lowest BCUT2D eigenvalue weighted by atomic mass is 10.0. The Morgan fingerprint density at radius 1 is 1.32 bits per heavy atom. The summed E-state index contributed by atoms with van der Waals surface area (Å²) in [7, 11) is 0. The van der Waals surface area contributed by atoms with Gasteiger partial charge in [0.1, 0.15) is 0 Å². The van der Waals surface area contributed by atoms with Crippen molar-refractivity contribution in [2.24, 2.45) is 0 Å². The molecule has 0 bridgehead atoms. The number of aromatic nitrogens is 1. The molecule has 2 aromatic rings. The van der Waals surface area contributed by atoms with Gasteiger partial charge in [0.05, 0.1) is 0 Å². The van der Waals surface area contributed by atoms with Crippen LogP contribution in [0.1, 0.15) is 30.9 Å². The third-order valence-electron chi connectivity index (χ3n) is 3.25. The Bertz CT molecular complexity index is 439. The Hall–Kier alpha value is -1.19. The van der Waals surface area contributed by atoms with Gasteiger partial charge >= 0.3 is 0 Å². The lowest BCUT2D eigenvalue weighted by molar-refractivity contribution is 0.477. The zero-order chi connectivity index (χ0) is 13.3. The minimum atomic E-state index is 0.545. The van der Waals surface area contributed by atoms with E-state index in [1.165, 1.54) is 24.0 Å². The van der Waals surface area contributed by atoms with E-state index < -0.39 is 0 Å². The molecule has 2 nitrogen and oxygen atoms in total. The molecule has 2 aromatic heterocycles. The summed E-state index contributed by atoms with van der Waals surface area (Å²) in [6.45, 7) is 3.31. The number of thiophene rings is 1. The molecule has 0 saturated carbocycles. The van der Waals surface area contributed by atoms with Crippen molar-refractivity contribution < 1.29 is 0 Å². The molecule has 2 heterocycles. The molecule has 0 fully saturated rings. The molecule has 3 heteroatoms. The topological polar surface area (TPSA) is 24.9 Å². The van der Waals surface area contributed by atoms with Crippen LogP contribution < -0.4 is 5.32 Å². The van der Waals surface area contributed by atoms with Crippen molar-refractivity contribution in [2.45, 2.75) is 38.6 Å². The van der Waals surface area contributed by atoms with Crippen molar-refractivity contribution >= 4 is 11.3 Å². The van der Waals surface area contributed by atoms with Crippen LogP contribution in [0.4, 0.5) is 0 Å². The Morgan fingerprint density at radius 3 is 2.95 bits per heavy atom. The second-order valence-corrected chi connectivity index (χ2v) is 5.67. The van der Waals surface area contributed by atoms with Gasteiger partial charge in [-0.25, -0.2) is 0 Å². The summed E-state index contributed by atoms with van der Waals surface area (Å²) in [5.74, 6) is 0. The standard InChI is InChI=1S/C16H22N2S/c1-2-8-18-16(6-5-14-7-10-19-13-14)11-15-4-3-9-17-12-15/h3-4,7,9-10,12-13,16,18H,2,5-6,8,11H2,1H3. The van der Waals surface area contributed by atoms with Gasteiger partial charge in [0, 0.05) is 18.4 Å². The third-order valence-corrected chi connectivity index (χ3v) is 3.98. The second-order valence-electron chi connectivity index (χ2n) is 4.89. The van der Waals surface area contributed by atoms with Crippen LogP contribution in [0.2, 0.25) is 0 Å². The number of nitrogens with one attached hydrogen (secondary N) is 1. The normalized spacial score (nSPS) is 12.5. The maximum Gasteiger partial charge on any atom is 0.0300 e. The van der Waals surface area contributed by atoms with Crippen LogP contribution in [0.15, 0.2) is 41.4 Å². The molecule has 0 aliphatic rings. The van der Waals surface area contributed by atoms with Crippen molar-refractivity contribution in [3.63, 3.8) is 0 Å². The molecule has 102 valence electrons. The van der Waals surface area contributed by atoms with E-state index in [0.29, 0.717) is 6.04 Å². The van der Waals surface area contributed by atoms with Crippen molar-refractivity contribution in [2.75, 3.05) is 6.54 Å². The van der Waals surface area contributed by atoms with Gasteiger partial charge < -0.3 is 5.32 Å². The second kappa shape index (κ2) is 8.08. The summed E-state index contributed by atoms with van der Waals surface area (Å²) in [5.41, 5.74) is 2.78. The number of hydrogen-bond acceptors (Lipinski definition) is 3. The van der Waals surface area contributed by atoms with Gasteiger partial charge in [-0.15, -0.1) is 0 Å². The van der Waals surface area contributed by atoms with E-state index >= 15 is 0 Å². The molecular weight excluding hydrogens is 252 g/mol. The van der Waals surface area contributed by atoms with Crippen molar-refractivity contribution in [1.29, 1.82) is 0 Å². The highest BCUT2D eigenvalue weighted by Gasteiger charge is 2.09. The summed E-state index contributed by atoms with van der Waals surface area (Å²) in [4.78, 5) is 4.20. The summed E-state index contributed by atoms with van der Waals surface area (Å²) in [6, 6.07) is 6.96. The highest BCUT2D eigenvalue weighted by atomic mass is 32.1. The van der Waals surface area contributed by atoms with Crippen molar-refractivity contribution in [3.8, 4) is 0 Å². The number of rotatable bonds is 8. The van der Waals surface area contributed by atoms with Gasteiger partial charge in [-0.2, -0.15) is 11.3 Å². The van der Waals surface area contributed by atoms with E-state index in [9.17, 15) is 0 Å². The van der Waals surface area contributed by atoms with Gasteiger partial charge in [0.15, 0.2) is 0 Å². The zero-order valence-corrected chi connectivity index (χ0v) is 12.3. The molecule has 0 aliphatic carbocycles. The third kappa shape index (κ3) is 5.13. The fraction of sp³-hybridized carbons (Fsp3) is 0.438. The minimum absolute atomic E-state index is 0.545. The minimum Gasteiger partial charge on any atom is -0.314 e. The van der Waals surface area contributed by atoms with Gasteiger partial charge in [0.25, 0.3) is 0 Å². The fourth-order valence-corrected chi connectivity index (χ4v) is 2.91. The first-order valence-corrected chi connectivity index (χ1v) is 7.96. The summed E-state index contributed by atoms with van der Waals surface area (Å²) < 4.78 is 0. The number of aryl methyl sites for hydroxylation is 1. The Balaban J connectivity index is 1.87. The van der Waals surface area contributed by atoms with E-state index in [-0.39, 0.29) is 0 Å². The maximum atomic E-state index is 4.20. The molecule has 0 saturated heterocycles. The van der Waals surface area contributed by atoms with Crippen LogP contribution >= 0.6 is 11.3 Å². The van der Waals surface area contributed by atoms with Gasteiger partial charge in [-0.1, -0.05) is 13.0 Å². The Morgan fingerprint density at radius 2 is 2.26 bits per heavy atom. The van der Waals surface area contributed by atoms with Gasteiger partial charge in [-0.05, 0) is 66.2 Å². The van der Waals surface area contributed by atoms with Gasteiger partial charge in [0.2, 0.25) is 0 Å². The molecule has 1 N–H and O–H groups in total. The van der Waals surface area contributed by atoms with E-state index in [4.69, 9.17) is 0 Å². The predicted molar refractivity (Wildman–Crippen MR) is 82.7 cm³/mol. The summed E-state index contributed by atoms with van der Waals surface area (Å²) >= 11 is 1.78. The highest BCUT2D eigenvalue weighted by Crippen LogP contribution is 2.12. The smallest absolute Gasteiger partial charge is 0.0300 e. The van der Waals surface area contributed by atoms with Gasteiger partial charge in [-0.3, -0.25) is 4.98 Å². The molecule has 0 radical (unpaired) electrons. The quantitative estimate of drug-likeness (QED) is 0.794. The SMILES string of the molecule is CCCNC(CCc1ccsc1)Cc1cccnc1. The van der Waals surface area contributed by atoms with Crippen LogP contribution in [-0.2, 0) is 12.8 Å². The first-order chi connectivity index (χ1) is 9.38. The summed E-state index contributed by atoms with van der Waals surface area (Å²) in [5, 5.41) is 8.06. The molecule has 0 aliphatic heterocycles. The largest absolute Gasteiger partial charge is 0.314 e. The van der Waals surface area contributed by atoms with Crippen LogP contribution in [0.25, 0.3) is 0 Å². The number of pyridine rings is 1. The number of nitrogens with zero attached hydrogens (tertiary/aromatic N) is 1. The van der Waals surface area contributed by atoms with E-state index in [0.717, 1.165) is 19.4 Å². The van der Waals surface area contributed by atoms with Crippen molar-refractivity contribution in [3.05, 3.63) is 52.5 Å². The molecule has 1 atom stereocenters. The molecule has 0 aromatic carbocycles. The molecule has 2 rings (SSSR count). The van der Waals surface area contributed by atoms with E-state index in [1.807, 2.05) is 18.5 Å². The molecular formula is C16H22N2S. The fourth-order valence-electron chi connectivity index (χ4n) is 2.20. The predicted octanol–water partition coefficient (Wildman–Crippen LogP) is 3.69. The molecule has 1 unspecified atom stereocenters. The zero-order valence-electron chi connectivity index (χ0n) is 11.5. The summed E-state index contributed by atoms with van der Waals surface area (Å²) in [6.07, 6.45) is 8.41. The first kappa shape index (κ1) is 14.2. The highest BCUT2D eigenvalue weighted by molar-refractivity contribution is 7.07. The molecule has 0 spiro atoms. The lowest BCUT2D eigenvalue weighted by Gasteiger charge is -2.18. The van der Waals surface area contributed by atoms with Crippen molar-refractivity contribution in [1.82, 2.24) is 10.3 Å². The van der Waals surface area contributed by atoms with E-state index in [1.54, 1.807) is 11.3 Å². The molecule has 19 heavy (non-hydrogen) atoms. The van der Waals surface area contributed by atoms with Crippen LogP contribution in [0.5, 0.6) is 0 Å². The average molecular weight is 274 g/mol. The van der Waals surface area contributed by atoms with E-state index in [2.05, 4.69) is 40.1 Å². The van der Waals surface area contributed by atoms with Crippen LogP contribution in [0.3, 0.4) is 0 Å². The van der Waals surface area contributed by atoms with Crippen LogP contribution in [0, 0.1) is 0 Å². The Labute approximate surface area is 119 Å². The maximum absolute atomic E-state index is 4.20. The van der Waals surface area contributed by atoms with Crippen LogP contribution in [-0.4, -0.2) is 17.6 Å². The lowest BCUT2D eigenvalue weighted by Crippen LogP contribution is -2.32. The molecule has 0 amide bonds. The monoisotopic (exact) mass is 274 g/mol. The first-order valence-electron chi connectivity index (χ1n) is 7.02.